The molecule has 1 aliphatic heterocycles. The highest BCUT2D eigenvalue weighted by Gasteiger charge is 2.12. The average Bonchev–Trinajstić information content (AvgIpc) is 0.925. The Hall–Kier alpha value is -10.0. The van der Waals surface area contributed by atoms with Gasteiger partial charge in [0.2, 0.25) is 12.2 Å². The van der Waals surface area contributed by atoms with E-state index in [0.717, 1.165) is 101 Å². The monoisotopic (exact) mass is 1520 g/mol. The van der Waals surface area contributed by atoms with Crippen LogP contribution in [0.1, 0.15) is 18.1 Å². The maximum atomic E-state index is 11.0. The summed E-state index contributed by atoms with van der Waals surface area (Å²) < 4.78 is 48.9. The Morgan fingerprint density at radius 1 is 0.470 bits per heavy atom. The molecule has 6 heterocycles. The lowest BCUT2D eigenvalue weighted by Gasteiger charge is -2.09. The van der Waals surface area contributed by atoms with Crippen LogP contribution < -0.4 is 50.2 Å². The molecule has 0 saturated carbocycles. The van der Waals surface area contributed by atoms with Gasteiger partial charge in [-0.15, -0.1) is 0 Å². The first kappa shape index (κ1) is 80.7. The van der Waals surface area contributed by atoms with Gasteiger partial charge in [-0.3, -0.25) is 38.9 Å². The fourth-order valence-electron chi connectivity index (χ4n) is 7.72. The van der Waals surface area contributed by atoms with Crippen molar-refractivity contribution in [1.82, 2.24) is 49.8 Å². The van der Waals surface area contributed by atoms with E-state index in [9.17, 15) is 23.7 Å². The van der Waals surface area contributed by atoms with Crippen molar-refractivity contribution in [2.24, 2.45) is 4.99 Å². The number of amides is 1. The lowest BCUT2D eigenvalue weighted by molar-refractivity contribution is -0.148. The molecule has 0 atom stereocenters. The summed E-state index contributed by atoms with van der Waals surface area (Å²) in [5.41, 5.74) is 21.5. The van der Waals surface area contributed by atoms with Crippen LogP contribution in [0.4, 0.5) is 11.4 Å². The van der Waals surface area contributed by atoms with Crippen LogP contribution in [-0.4, -0.2) is 131 Å². The first-order valence-electron chi connectivity index (χ1n) is 28.4. The molecule has 522 valence electrons. The minimum atomic E-state index is -3.22. The number of ether oxygens (including phenoxy) is 8. The Morgan fingerprint density at radius 2 is 0.820 bits per heavy atom. The van der Waals surface area contributed by atoms with E-state index in [4.69, 9.17) is 91.0 Å². The molecule has 0 fully saturated rings. The Labute approximate surface area is 605 Å². The number of aldehydes is 1. The van der Waals surface area contributed by atoms with Gasteiger partial charge in [0, 0.05) is 42.6 Å². The smallest absolute Gasteiger partial charge is 0.371 e. The molecule has 100 heavy (non-hydrogen) atoms. The van der Waals surface area contributed by atoms with Gasteiger partial charge in [-0.05, 0) is 143 Å². The molecule has 34 heteroatoms. The third kappa shape index (κ3) is 28.1. The first-order chi connectivity index (χ1) is 47.8. The SMILES string of the molecule is CCOC(=O)C=O.COc1ccc(N)c(N)c1.COc1ccc2[nH]c(=O)cnc2c1.COc1ccc2c(c1)CC(=O)N=C2.COc1ccc2nc(Cl)cnc2c1.COc1ccc2nc(Cl)cnc2c1.COc1ccc2ncc(Cl)nc2c1.COc1ccc2ncc(Cl)nc2c1.O=P(Cl)(Cl)Cl. The number of anilines is 2. The van der Waals surface area contributed by atoms with E-state index >= 15 is 0 Å². The molecule has 0 saturated heterocycles. The Morgan fingerprint density at radius 3 is 1.23 bits per heavy atom. The topological polar surface area (TPSA) is 355 Å². The largest absolute Gasteiger partial charge is 0.497 e. The van der Waals surface area contributed by atoms with E-state index in [2.05, 4.69) is 93.3 Å². The molecular weight excluding hydrogens is 1460 g/mol. The number of nitrogen functional groups attached to an aromatic ring is 2. The zero-order chi connectivity index (χ0) is 73.3. The van der Waals surface area contributed by atoms with E-state index in [0.29, 0.717) is 43.9 Å². The molecule has 1 aliphatic rings. The van der Waals surface area contributed by atoms with E-state index < -0.39 is 11.2 Å². The molecule has 7 aromatic carbocycles. The van der Waals surface area contributed by atoms with Crippen molar-refractivity contribution in [3.63, 3.8) is 0 Å². The molecule has 0 unspecified atom stereocenters. The van der Waals surface area contributed by atoms with Gasteiger partial charge in [0.15, 0.2) is 0 Å². The average molecular weight is 1520 g/mol. The van der Waals surface area contributed by atoms with E-state index in [1.165, 1.54) is 31.0 Å². The highest BCUT2D eigenvalue weighted by atomic mass is 36.0. The number of nitrogens with one attached hydrogen (secondary N) is 1. The van der Waals surface area contributed by atoms with E-state index in [-0.39, 0.29) is 24.4 Å². The van der Waals surface area contributed by atoms with Crippen molar-refractivity contribution in [2.75, 3.05) is 67.8 Å². The predicted octanol–water partition coefficient (Wildman–Crippen LogP) is 14.7. The van der Waals surface area contributed by atoms with Crippen molar-refractivity contribution in [3.05, 3.63) is 200 Å². The highest BCUT2D eigenvalue weighted by Crippen LogP contribution is 2.61. The normalized spacial score (nSPS) is 10.6. The summed E-state index contributed by atoms with van der Waals surface area (Å²) >= 11 is 36.6. The first-order valence-corrected chi connectivity index (χ1v) is 34.4. The number of benzene rings is 7. The molecule has 13 rings (SSSR count). The Bertz CT molecular complexity index is 4700. The third-order valence-electron chi connectivity index (χ3n) is 12.4. The van der Waals surface area contributed by atoms with Gasteiger partial charge in [0.1, 0.15) is 60.9 Å². The summed E-state index contributed by atoms with van der Waals surface area (Å²) in [5, 5.41) is -1.64. The summed E-state index contributed by atoms with van der Waals surface area (Å²) in [6.45, 7) is 1.90. The number of carbonyl (C=O) groups excluding carboxylic acids is 3. The second-order valence-corrected chi connectivity index (χ2v) is 27.2. The molecule has 0 spiro atoms. The number of esters is 1. The zero-order valence-corrected chi connectivity index (χ0v) is 60.3. The van der Waals surface area contributed by atoms with Gasteiger partial charge >= 0.3 is 11.2 Å². The number of aromatic amines is 1. The van der Waals surface area contributed by atoms with Crippen LogP contribution in [-0.2, 0) is 30.1 Å². The quantitative estimate of drug-likeness (QED) is 0.0397. The van der Waals surface area contributed by atoms with Gasteiger partial charge in [-0.2, -0.15) is 0 Å². The number of rotatable bonds is 9. The number of aromatic nitrogens is 10. The molecule has 12 aromatic rings. The summed E-state index contributed by atoms with van der Waals surface area (Å²) in [7, 11) is 11.2. The lowest BCUT2D eigenvalue weighted by Crippen LogP contribution is -2.08. The molecule has 5 N–H and O–H groups in total. The Balaban J connectivity index is 0.000000205. The van der Waals surface area contributed by atoms with Crippen LogP contribution in [0.15, 0.2) is 168 Å². The summed E-state index contributed by atoms with van der Waals surface area (Å²) in [6, 6.07) is 38.0. The minimum absolute atomic E-state index is 0.0965. The number of hydrogen-bond acceptors (Lipinski definition) is 24. The van der Waals surface area contributed by atoms with Crippen molar-refractivity contribution in [1.29, 1.82) is 0 Å². The number of H-pyrrole nitrogens is 1. The van der Waals surface area contributed by atoms with Crippen molar-refractivity contribution in [3.8, 4) is 40.2 Å². The third-order valence-corrected chi connectivity index (χ3v) is 13.1. The molecule has 0 radical (unpaired) electrons. The number of hydrogen-bond donors (Lipinski definition) is 3. The number of fused-ring (bicyclic) bond motifs is 6. The Kier molecular flexibility index (Phi) is 33.4. The molecule has 1 amide bonds. The maximum absolute atomic E-state index is 11.0. The van der Waals surface area contributed by atoms with Crippen LogP contribution in [0.25, 0.3) is 55.2 Å². The van der Waals surface area contributed by atoms with Gasteiger partial charge in [-0.1, -0.05) is 46.4 Å². The van der Waals surface area contributed by atoms with Gasteiger partial charge in [-0.25, -0.2) is 34.7 Å². The van der Waals surface area contributed by atoms with Crippen LogP contribution >= 0.6 is 85.3 Å². The number of methoxy groups -OCH3 is 7. The standard InChI is InChI=1S/C10H9NO2.4C9H7ClN2O.C9H8N2O2.C7H10N2O.C4H6O3.Cl3OP/c1-13-9-3-2-7-6-11-10(12)5-8(7)4-9;2*1-13-6-2-3-7-8(4-6)11-5-9(10)12-7;2*1-13-6-2-3-7-8(4-6)12-9(10)5-11-7;1-13-6-2-3-7-8(4-6)10-5-9(12)11-7;1-10-5-2-3-6(8)7(9)4-5;1-2-7-4(6)3-5;1-5(2,3)4/h2-4,6H,5H2,1H3;4*2-5H,1H3;2-5H,1H3,(H,11,12);2-4H,8-9H2,1H3;3H,2H2,1H3;. The minimum Gasteiger partial charge on any atom is -0.497 e. The molecule has 5 aromatic heterocycles. The number of aliphatic imine (C=N–C) groups is 1. The van der Waals surface area contributed by atoms with Crippen LogP contribution in [0.2, 0.25) is 20.6 Å². The van der Waals surface area contributed by atoms with Crippen LogP contribution in [0.3, 0.4) is 0 Å². The van der Waals surface area contributed by atoms with E-state index in [1.54, 1.807) is 111 Å². The number of halogens is 7. The van der Waals surface area contributed by atoms with Crippen LogP contribution in [0.5, 0.6) is 40.2 Å². The van der Waals surface area contributed by atoms with Crippen molar-refractivity contribution >= 4 is 176 Å². The molecular formula is C66H61Cl7N13O13P. The van der Waals surface area contributed by atoms with E-state index in [1.807, 2.05) is 78.9 Å². The molecule has 26 nitrogen and oxygen atoms in total. The van der Waals surface area contributed by atoms with Gasteiger partial charge in [0.25, 0.3) is 5.56 Å². The number of nitrogens with zero attached hydrogens (tertiary/aromatic N) is 10. The van der Waals surface area contributed by atoms with Crippen molar-refractivity contribution in [2.45, 2.75) is 13.3 Å². The second kappa shape index (κ2) is 41.4. The van der Waals surface area contributed by atoms with Gasteiger partial charge in [0.05, 0.1) is 160 Å². The maximum Gasteiger partial charge on any atom is 0.371 e. The summed E-state index contributed by atoms with van der Waals surface area (Å²) in [6.07, 6.45) is 9.45. The van der Waals surface area contributed by atoms with Crippen LogP contribution in [0, 0.1) is 0 Å². The van der Waals surface area contributed by atoms with Crippen molar-refractivity contribution < 1.29 is 56.8 Å². The zero-order valence-electron chi connectivity index (χ0n) is 54.1. The summed E-state index contributed by atoms with van der Waals surface area (Å²) in [4.78, 5) is 84.3. The summed E-state index contributed by atoms with van der Waals surface area (Å²) in [5.74, 6) is 4.38. The number of nitrogens with two attached hydrogens (primary N) is 2. The predicted molar refractivity (Wildman–Crippen MR) is 392 cm³/mol. The molecule has 0 aliphatic carbocycles. The fraction of sp³-hybridized carbons (Fsp3) is 0.152. The molecule has 0 bridgehead atoms. The number of carbonyl (C=O) groups is 3. The van der Waals surface area contributed by atoms with Gasteiger partial charge < -0.3 is 54.3 Å². The lowest BCUT2D eigenvalue weighted by atomic mass is 10.0. The highest BCUT2D eigenvalue weighted by molar-refractivity contribution is 8.24. The fourth-order valence-corrected chi connectivity index (χ4v) is 8.28. The second-order valence-electron chi connectivity index (χ2n) is 19.0.